The number of amides is 1. The molecular formula is C21H20ClN3O. The largest absolute Gasteiger partial charge is 0.351 e. The van der Waals surface area contributed by atoms with E-state index in [1.54, 1.807) is 6.20 Å². The summed E-state index contributed by atoms with van der Waals surface area (Å²) in [6.45, 7) is 1.29. The second kappa shape index (κ2) is 6.96. The van der Waals surface area contributed by atoms with Gasteiger partial charge in [0, 0.05) is 24.0 Å². The summed E-state index contributed by atoms with van der Waals surface area (Å²) in [4.78, 5) is 12.7. The van der Waals surface area contributed by atoms with Gasteiger partial charge in [-0.3, -0.25) is 9.48 Å². The zero-order chi connectivity index (χ0) is 18.0. The molecule has 26 heavy (non-hydrogen) atoms. The van der Waals surface area contributed by atoms with E-state index in [-0.39, 0.29) is 11.3 Å². The Hall–Kier alpha value is -2.59. The van der Waals surface area contributed by atoms with Crippen LogP contribution in [0, 0.1) is 0 Å². The lowest BCUT2D eigenvalue weighted by Gasteiger charge is -2.16. The highest BCUT2D eigenvalue weighted by atomic mass is 35.5. The van der Waals surface area contributed by atoms with Gasteiger partial charge in [0.05, 0.1) is 12.0 Å². The summed E-state index contributed by atoms with van der Waals surface area (Å²) in [6, 6.07) is 17.8. The lowest BCUT2D eigenvalue weighted by Crippen LogP contribution is -2.34. The van der Waals surface area contributed by atoms with E-state index in [2.05, 4.69) is 34.7 Å². The van der Waals surface area contributed by atoms with Crippen molar-refractivity contribution in [2.24, 2.45) is 0 Å². The van der Waals surface area contributed by atoms with Crippen LogP contribution in [0.4, 0.5) is 0 Å². The molecule has 0 atom stereocenters. The monoisotopic (exact) mass is 365 g/mol. The molecule has 0 saturated heterocycles. The normalized spacial score (nSPS) is 14.8. The zero-order valence-electron chi connectivity index (χ0n) is 14.4. The number of rotatable bonds is 6. The van der Waals surface area contributed by atoms with Crippen LogP contribution in [0.1, 0.15) is 29.5 Å². The number of aromatic nitrogens is 2. The number of benzene rings is 2. The fourth-order valence-corrected chi connectivity index (χ4v) is 3.36. The molecule has 1 heterocycles. The molecule has 4 nitrogen and oxygen atoms in total. The number of hydrogen-bond donors (Lipinski definition) is 1. The second-order valence-corrected chi connectivity index (χ2v) is 7.23. The summed E-state index contributed by atoms with van der Waals surface area (Å²) in [5, 5.41) is 8.00. The van der Waals surface area contributed by atoms with Crippen LogP contribution in [0.3, 0.4) is 0 Å². The van der Waals surface area contributed by atoms with Crippen molar-refractivity contribution in [1.82, 2.24) is 15.1 Å². The van der Waals surface area contributed by atoms with Gasteiger partial charge in [-0.05, 0) is 47.7 Å². The SMILES string of the molecule is O=C(NCc1ccc(Cn2cccn2)cc1)C1(c2ccc(Cl)cc2)CC1. The van der Waals surface area contributed by atoms with Gasteiger partial charge >= 0.3 is 0 Å². The molecule has 1 N–H and O–H groups in total. The Morgan fingerprint density at radius 1 is 1.08 bits per heavy atom. The smallest absolute Gasteiger partial charge is 0.230 e. The van der Waals surface area contributed by atoms with Crippen molar-refractivity contribution in [2.45, 2.75) is 31.3 Å². The standard InChI is InChI=1S/C21H20ClN3O/c22-19-8-6-18(7-9-19)21(10-11-21)20(26)23-14-16-2-4-17(5-3-16)15-25-13-1-12-24-25/h1-9,12-13H,10-11,14-15H2,(H,23,26). The average Bonchev–Trinajstić information content (AvgIpc) is 3.32. The Morgan fingerprint density at radius 3 is 2.38 bits per heavy atom. The van der Waals surface area contributed by atoms with E-state index >= 15 is 0 Å². The van der Waals surface area contributed by atoms with Gasteiger partial charge in [-0.25, -0.2) is 0 Å². The van der Waals surface area contributed by atoms with E-state index < -0.39 is 0 Å². The van der Waals surface area contributed by atoms with E-state index in [1.807, 2.05) is 41.2 Å². The van der Waals surface area contributed by atoms with Gasteiger partial charge in [-0.15, -0.1) is 0 Å². The highest BCUT2D eigenvalue weighted by molar-refractivity contribution is 6.30. The van der Waals surface area contributed by atoms with Crippen molar-refractivity contribution < 1.29 is 4.79 Å². The minimum Gasteiger partial charge on any atom is -0.351 e. The molecular weight excluding hydrogens is 346 g/mol. The second-order valence-electron chi connectivity index (χ2n) is 6.79. The third kappa shape index (κ3) is 3.51. The summed E-state index contributed by atoms with van der Waals surface area (Å²) in [6.07, 6.45) is 5.50. The van der Waals surface area contributed by atoms with Crippen LogP contribution in [0.25, 0.3) is 0 Å². The summed E-state index contributed by atoms with van der Waals surface area (Å²) < 4.78 is 1.89. The van der Waals surface area contributed by atoms with E-state index in [9.17, 15) is 4.79 Å². The third-order valence-corrected chi connectivity index (χ3v) is 5.21. The van der Waals surface area contributed by atoms with E-state index in [0.29, 0.717) is 11.6 Å². The lowest BCUT2D eigenvalue weighted by atomic mass is 9.95. The van der Waals surface area contributed by atoms with Gasteiger partial charge in [0.1, 0.15) is 0 Å². The summed E-state index contributed by atoms with van der Waals surface area (Å²) >= 11 is 5.95. The van der Waals surface area contributed by atoms with Crippen molar-refractivity contribution in [3.63, 3.8) is 0 Å². The summed E-state index contributed by atoms with van der Waals surface area (Å²) in [5.74, 6) is 0.0976. The number of carbonyl (C=O) groups excluding carboxylic acids is 1. The van der Waals surface area contributed by atoms with Crippen molar-refractivity contribution in [1.29, 1.82) is 0 Å². The number of nitrogens with one attached hydrogen (secondary N) is 1. The summed E-state index contributed by atoms with van der Waals surface area (Å²) in [5.41, 5.74) is 2.96. The van der Waals surface area contributed by atoms with Crippen molar-refractivity contribution in [3.05, 3.63) is 88.7 Å². The van der Waals surface area contributed by atoms with Crippen LogP contribution in [0.2, 0.25) is 5.02 Å². The predicted octanol–water partition coefficient (Wildman–Crippen LogP) is 3.93. The molecule has 132 valence electrons. The van der Waals surface area contributed by atoms with E-state index in [4.69, 9.17) is 11.6 Å². The van der Waals surface area contributed by atoms with Crippen LogP contribution < -0.4 is 5.32 Å². The summed E-state index contributed by atoms with van der Waals surface area (Å²) in [7, 11) is 0. The first-order valence-corrected chi connectivity index (χ1v) is 9.13. The molecule has 3 aromatic rings. The molecule has 0 bridgehead atoms. The molecule has 1 saturated carbocycles. The Kier molecular flexibility index (Phi) is 4.51. The Morgan fingerprint density at radius 2 is 1.77 bits per heavy atom. The Balaban J connectivity index is 1.36. The third-order valence-electron chi connectivity index (χ3n) is 4.96. The molecule has 5 heteroatoms. The minimum atomic E-state index is -0.370. The fraction of sp³-hybridized carbons (Fsp3) is 0.238. The highest BCUT2D eigenvalue weighted by Crippen LogP contribution is 2.48. The van der Waals surface area contributed by atoms with Crippen LogP contribution in [-0.2, 0) is 23.3 Å². The van der Waals surface area contributed by atoms with Crippen LogP contribution in [0.5, 0.6) is 0 Å². The minimum absolute atomic E-state index is 0.0976. The zero-order valence-corrected chi connectivity index (χ0v) is 15.1. The van der Waals surface area contributed by atoms with Crippen molar-refractivity contribution in [2.75, 3.05) is 0 Å². The number of halogens is 1. The van der Waals surface area contributed by atoms with Gasteiger partial charge in [0.15, 0.2) is 0 Å². The average molecular weight is 366 g/mol. The quantitative estimate of drug-likeness (QED) is 0.719. The first-order valence-electron chi connectivity index (χ1n) is 8.75. The highest BCUT2D eigenvalue weighted by Gasteiger charge is 2.50. The first kappa shape index (κ1) is 16.9. The molecule has 4 rings (SSSR count). The number of carbonyl (C=O) groups is 1. The number of nitrogens with zero attached hydrogens (tertiary/aromatic N) is 2. The predicted molar refractivity (Wildman–Crippen MR) is 102 cm³/mol. The van der Waals surface area contributed by atoms with Gasteiger partial charge < -0.3 is 5.32 Å². The fourth-order valence-electron chi connectivity index (χ4n) is 3.24. The van der Waals surface area contributed by atoms with Crippen LogP contribution in [-0.4, -0.2) is 15.7 Å². The number of hydrogen-bond acceptors (Lipinski definition) is 2. The maximum atomic E-state index is 12.7. The maximum absolute atomic E-state index is 12.7. The van der Waals surface area contributed by atoms with Crippen LogP contribution in [0.15, 0.2) is 67.0 Å². The molecule has 0 spiro atoms. The van der Waals surface area contributed by atoms with Crippen molar-refractivity contribution >= 4 is 17.5 Å². The maximum Gasteiger partial charge on any atom is 0.230 e. The Labute approximate surface area is 157 Å². The lowest BCUT2D eigenvalue weighted by molar-refractivity contribution is -0.123. The molecule has 1 aliphatic carbocycles. The molecule has 1 fully saturated rings. The molecule has 0 unspecified atom stereocenters. The molecule has 1 aromatic heterocycles. The van der Waals surface area contributed by atoms with Gasteiger partial charge in [-0.1, -0.05) is 48.0 Å². The first-order chi connectivity index (χ1) is 12.7. The Bertz CT molecular complexity index is 882. The van der Waals surface area contributed by atoms with Crippen LogP contribution >= 0.6 is 11.6 Å². The molecule has 2 aromatic carbocycles. The van der Waals surface area contributed by atoms with E-state index in [1.165, 1.54) is 5.56 Å². The topological polar surface area (TPSA) is 46.9 Å². The van der Waals surface area contributed by atoms with Crippen molar-refractivity contribution in [3.8, 4) is 0 Å². The molecule has 1 amide bonds. The van der Waals surface area contributed by atoms with Gasteiger partial charge in [0.25, 0.3) is 0 Å². The van der Waals surface area contributed by atoms with E-state index in [0.717, 1.165) is 30.5 Å². The molecule has 0 radical (unpaired) electrons. The van der Waals surface area contributed by atoms with Gasteiger partial charge in [-0.2, -0.15) is 5.10 Å². The van der Waals surface area contributed by atoms with Gasteiger partial charge in [0.2, 0.25) is 5.91 Å². The molecule has 0 aliphatic heterocycles. The molecule has 1 aliphatic rings.